The molecule has 2 aromatic carbocycles. The first-order valence-electron chi connectivity index (χ1n) is 9.03. The molecule has 142 valence electrons. The number of nitrogens with zero attached hydrogens (tertiary/aromatic N) is 1. The summed E-state index contributed by atoms with van der Waals surface area (Å²) in [7, 11) is 0. The number of H-pyrrole nitrogens is 1. The zero-order chi connectivity index (χ0) is 19.8. The minimum absolute atomic E-state index is 0.159. The van der Waals surface area contributed by atoms with E-state index in [0.717, 1.165) is 26.5 Å². The number of Topliss-reactive ketones (excluding diaryl/α,β-unsaturated/α-hetero) is 1. The number of hydrogen-bond acceptors (Lipinski definition) is 3. The molecule has 0 spiro atoms. The van der Waals surface area contributed by atoms with Crippen molar-refractivity contribution >= 4 is 38.5 Å². The Labute approximate surface area is 170 Å². The molecule has 1 unspecified atom stereocenters. The lowest BCUT2D eigenvalue weighted by Crippen LogP contribution is -2.32. The molecular weight excluding hydrogens is 420 g/mol. The van der Waals surface area contributed by atoms with Crippen molar-refractivity contribution in [2.75, 3.05) is 6.54 Å². The van der Waals surface area contributed by atoms with E-state index in [9.17, 15) is 14.7 Å². The number of carbonyl (C=O) groups excluding carboxylic acids is 2. The number of aliphatic hydroxyl groups is 1. The molecule has 0 aliphatic carbocycles. The third-order valence-electron chi connectivity index (χ3n) is 5.17. The fourth-order valence-electron chi connectivity index (χ4n) is 3.81. The lowest BCUT2D eigenvalue weighted by atomic mass is 9.96. The minimum Gasteiger partial charge on any atom is -0.503 e. The summed E-state index contributed by atoms with van der Waals surface area (Å²) in [6, 6.07) is 14.9. The number of aromatic amines is 1. The summed E-state index contributed by atoms with van der Waals surface area (Å²) in [5.41, 5.74) is 3.09. The normalized spacial score (nSPS) is 17.0. The lowest BCUT2D eigenvalue weighted by molar-refractivity contribution is -0.129. The summed E-state index contributed by atoms with van der Waals surface area (Å²) in [6.45, 7) is 1.77. The lowest BCUT2D eigenvalue weighted by Gasteiger charge is -2.26. The summed E-state index contributed by atoms with van der Waals surface area (Å²) in [5.74, 6) is -1.24. The van der Waals surface area contributed by atoms with E-state index in [1.807, 2.05) is 54.7 Å². The quantitative estimate of drug-likeness (QED) is 0.617. The van der Waals surface area contributed by atoms with Crippen LogP contribution in [-0.2, 0) is 16.0 Å². The molecule has 28 heavy (non-hydrogen) atoms. The van der Waals surface area contributed by atoms with Crippen molar-refractivity contribution in [1.82, 2.24) is 9.88 Å². The number of hydrogen-bond donors (Lipinski definition) is 2. The highest BCUT2D eigenvalue weighted by atomic mass is 79.9. The summed E-state index contributed by atoms with van der Waals surface area (Å²) < 4.78 is 0.906. The van der Waals surface area contributed by atoms with Gasteiger partial charge in [0.05, 0.1) is 11.6 Å². The predicted molar refractivity (Wildman–Crippen MR) is 111 cm³/mol. The number of benzene rings is 2. The van der Waals surface area contributed by atoms with E-state index in [2.05, 4.69) is 20.9 Å². The van der Waals surface area contributed by atoms with Crippen LogP contribution in [0.5, 0.6) is 0 Å². The molecule has 5 nitrogen and oxygen atoms in total. The fraction of sp³-hybridized carbons (Fsp3) is 0.182. The van der Waals surface area contributed by atoms with Gasteiger partial charge in [0.2, 0.25) is 0 Å². The van der Waals surface area contributed by atoms with Gasteiger partial charge in [-0.25, -0.2) is 0 Å². The Kier molecular flexibility index (Phi) is 4.81. The highest BCUT2D eigenvalue weighted by molar-refractivity contribution is 9.10. The van der Waals surface area contributed by atoms with Crippen LogP contribution in [0.2, 0.25) is 0 Å². The number of fused-ring (bicyclic) bond motifs is 1. The molecule has 0 bridgehead atoms. The molecule has 4 rings (SSSR count). The summed E-state index contributed by atoms with van der Waals surface area (Å²) in [5, 5.41) is 11.5. The summed E-state index contributed by atoms with van der Waals surface area (Å²) in [6.07, 6.45) is 2.56. The van der Waals surface area contributed by atoms with Gasteiger partial charge in [-0.05, 0) is 42.7 Å². The van der Waals surface area contributed by atoms with Crippen molar-refractivity contribution < 1.29 is 14.7 Å². The van der Waals surface area contributed by atoms with Gasteiger partial charge >= 0.3 is 0 Å². The molecule has 1 aliphatic rings. The first-order chi connectivity index (χ1) is 13.5. The van der Waals surface area contributed by atoms with Crippen LogP contribution in [0.15, 0.2) is 70.5 Å². The van der Waals surface area contributed by atoms with Gasteiger partial charge in [-0.1, -0.05) is 46.3 Å². The van der Waals surface area contributed by atoms with Crippen LogP contribution >= 0.6 is 15.9 Å². The molecule has 1 aliphatic heterocycles. The standard InChI is InChI=1S/C22H19BrN2O3/c1-13(26)19-20(14-6-8-16(23)9-7-14)25(22(28)21(19)27)11-10-15-12-24-18-5-3-2-4-17(15)18/h2-9,12,20,24,27H,10-11H2,1H3. The highest BCUT2D eigenvalue weighted by Gasteiger charge is 2.42. The van der Waals surface area contributed by atoms with Crippen molar-refractivity contribution in [3.8, 4) is 0 Å². The van der Waals surface area contributed by atoms with Crippen LogP contribution in [0.4, 0.5) is 0 Å². The van der Waals surface area contributed by atoms with E-state index in [-0.39, 0.29) is 11.4 Å². The van der Waals surface area contributed by atoms with Gasteiger partial charge in [0, 0.05) is 28.1 Å². The maximum Gasteiger partial charge on any atom is 0.290 e. The van der Waals surface area contributed by atoms with E-state index < -0.39 is 17.7 Å². The van der Waals surface area contributed by atoms with Gasteiger partial charge < -0.3 is 15.0 Å². The van der Waals surface area contributed by atoms with Gasteiger partial charge in [-0.2, -0.15) is 0 Å². The fourth-order valence-corrected chi connectivity index (χ4v) is 4.08. The van der Waals surface area contributed by atoms with Gasteiger partial charge in [0.15, 0.2) is 11.5 Å². The van der Waals surface area contributed by atoms with E-state index >= 15 is 0 Å². The Morgan fingerprint density at radius 2 is 1.89 bits per heavy atom. The van der Waals surface area contributed by atoms with Crippen molar-refractivity contribution in [2.24, 2.45) is 0 Å². The third-order valence-corrected chi connectivity index (χ3v) is 5.69. The largest absolute Gasteiger partial charge is 0.503 e. The molecule has 2 N–H and O–H groups in total. The molecule has 1 aromatic heterocycles. The number of carbonyl (C=O) groups is 2. The number of rotatable bonds is 5. The smallest absolute Gasteiger partial charge is 0.290 e. The van der Waals surface area contributed by atoms with E-state index in [1.54, 1.807) is 4.90 Å². The van der Waals surface area contributed by atoms with Gasteiger partial charge in [-0.3, -0.25) is 9.59 Å². The second kappa shape index (κ2) is 7.28. The van der Waals surface area contributed by atoms with Gasteiger partial charge in [0.25, 0.3) is 5.91 Å². The zero-order valence-electron chi connectivity index (χ0n) is 15.3. The van der Waals surface area contributed by atoms with Crippen molar-refractivity contribution in [3.05, 3.63) is 81.7 Å². The van der Waals surface area contributed by atoms with Crippen LogP contribution in [0.3, 0.4) is 0 Å². The number of nitrogens with one attached hydrogen (secondary N) is 1. The van der Waals surface area contributed by atoms with E-state index in [0.29, 0.717) is 13.0 Å². The molecule has 3 aromatic rings. The monoisotopic (exact) mass is 438 g/mol. The maximum atomic E-state index is 12.7. The Bertz CT molecular complexity index is 1100. The Morgan fingerprint density at radius 3 is 2.61 bits per heavy atom. The van der Waals surface area contributed by atoms with Crippen LogP contribution in [-0.4, -0.2) is 33.2 Å². The average molecular weight is 439 g/mol. The van der Waals surface area contributed by atoms with Crippen molar-refractivity contribution in [1.29, 1.82) is 0 Å². The van der Waals surface area contributed by atoms with E-state index in [4.69, 9.17) is 0 Å². The van der Waals surface area contributed by atoms with Crippen LogP contribution in [0.25, 0.3) is 10.9 Å². The average Bonchev–Trinajstić information content (AvgIpc) is 3.20. The maximum absolute atomic E-state index is 12.7. The Balaban J connectivity index is 1.67. The molecular formula is C22H19BrN2O3. The predicted octanol–water partition coefficient (Wildman–Crippen LogP) is 4.46. The Hall–Kier alpha value is -2.86. The van der Waals surface area contributed by atoms with E-state index in [1.165, 1.54) is 6.92 Å². The number of ketones is 1. The van der Waals surface area contributed by atoms with Crippen molar-refractivity contribution in [3.63, 3.8) is 0 Å². The van der Waals surface area contributed by atoms with Crippen LogP contribution in [0.1, 0.15) is 24.1 Å². The summed E-state index contributed by atoms with van der Waals surface area (Å²) >= 11 is 3.40. The molecule has 0 saturated heterocycles. The molecule has 6 heteroatoms. The van der Waals surface area contributed by atoms with Crippen molar-refractivity contribution in [2.45, 2.75) is 19.4 Å². The minimum atomic E-state index is -0.580. The molecule has 1 amide bonds. The first-order valence-corrected chi connectivity index (χ1v) is 9.82. The second-order valence-corrected chi connectivity index (χ2v) is 7.80. The van der Waals surface area contributed by atoms with Crippen LogP contribution in [0, 0.1) is 0 Å². The summed E-state index contributed by atoms with van der Waals surface area (Å²) in [4.78, 5) is 29.8. The molecule has 0 radical (unpaired) electrons. The number of para-hydroxylation sites is 1. The number of aromatic nitrogens is 1. The molecule has 0 fully saturated rings. The van der Waals surface area contributed by atoms with Gasteiger partial charge in [-0.15, -0.1) is 0 Å². The van der Waals surface area contributed by atoms with Crippen LogP contribution < -0.4 is 0 Å². The highest BCUT2D eigenvalue weighted by Crippen LogP contribution is 2.38. The molecule has 2 heterocycles. The van der Waals surface area contributed by atoms with Gasteiger partial charge in [0.1, 0.15) is 0 Å². The third kappa shape index (κ3) is 3.14. The zero-order valence-corrected chi connectivity index (χ0v) is 16.9. The second-order valence-electron chi connectivity index (χ2n) is 6.88. The molecule has 1 atom stereocenters. The topological polar surface area (TPSA) is 73.4 Å². The number of halogens is 1. The number of aliphatic hydroxyl groups excluding tert-OH is 1. The number of amides is 1. The Morgan fingerprint density at radius 1 is 1.18 bits per heavy atom. The SMILES string of the molecule is CC(=O)C1=C(O)C(=O)N(CCc2c[nH]c3ccccc23)C1c1ccc(Br)cc1. The first kappa shape index (κ1) is 18.5. The molecule has 0 saturated carbocycles.